The standard InChI is InChI=1S/C47H31N/c1-12-27-44-30(14-1)28-32(48-44)29-31-15-13-26-43-45(31)47(39-22-8-4-18-35(39)36-19-5-9-23-40(36)47)42-25-11-10-24-41(42)46(43)37-20-6-2-16-33(37)34-17-3-7-21-38(34)46/h1-27H,28-29H2. The molecule has 7 aromatic rings. The molecule has 1 nitrogen and oxygen atoms in total. The normalized spacial score (nSPS) is 16.0. The minimum absolute atomic E-state index is 0.451. The van der Waals surface area contributed by atoms with Crippen molar-refractivity contribution in [3.63, 3.8) is 0 Å². The number of nitrogens with zero attached hydrogens (tertiary/aromatic N) is 1. The molecule has 224 valence electrons. The first-order valence-electron chi connectivity index (χ1n) is 17.1. The number of hydrogen-bond acceptors (Lipinski definition) is 1. The Morgan fingerprint density at radius 2 is 0.833 bits per heavy atom. The second-order valence-electron chi connectivity index (χ2n) is 13.7. The summed E-state index contributed by atoms with van der Waals surface area (Å²) in [6, 6.07) is 61.7. The molecular weight excluding hydrogens is 579 g/mol. The molecule has 0 amide bonds. The molecule has 0 unspecified atom stereocenters. The molecule has 1 aliphatic heterocycles. The highest BCUT2D eigenvalue weighted by molar-refractivity contribution is 5.98. The van der Waals surface area contributed by atoms with E-state index in [-0.39, 0.29) is 0 Å². The first-order valence-corrected chi connectivity index (χ1v) is 17.1. The Bertz CT molecular complexity index is 2440. The third kappa shape index (κ3) is 3.06. The Hall–Kier alpha value is -5.79. The topological polar surface area (TPSA) is 12.4 Å². The fraction of sp³-hybridized carbons (Fsp3) is 0.0851. The van der Waals surface area contributed by atoms with Crippen LogP contribution in [0, 0.1) is 0 Å². The van der Waals surface area contributed by atoms with Crippen LogP contribution in [0.3, 0.4) is 0 Å². The number of hydrogen-bond donors (Lipinski definition) is 0. The van der Waals surface area contributed by atoms with Crippen molar-refractivity contribution >= 4 is 11.4 Å². The lowest BCUT2D eigenvalue weighted by atomic mass is 9.51. The van der Waals surface area contributed by atoms with E-state index in [1.807, 2.05) is 0 Å². The van der Waals surface area contributed by atoms with Gasteiger partial charge < -0.3 is 0 Å². The molecule has 7 aromatic carbocycles. The van der Waals surface area contributed by atoms with Gasteiger partial charge in [0.05, 0.1) is 16.5 Å². The SMILES string of the molecule is c1ccc2c(c1)CC(Cc1cccc3c1C1(c4ccccc4-c4ccccc41)c1ccccc1C31c3ccccc3-c3ccccc31)=N2. The molecule has 3 aliphatic carbocycles. The van der Waals surface area contributed by atoms with Gasteiger partial charge in [0.1, 0.15) is 0 Å². The zero-order valence-corrected chi connectivity index (χ0v) is 26.4. The lowest BCUT2D eigenvalue weighted by Gasteiger charge is -2.49. The van der Waals surface area contributed by atoms with Crippen molar-refractivity contribution in [2.75, 3.05) is 0 Å². The van der Waals surface area contributed by atoms with E-state index < -0.39 is 10.8 Å². The van der Waals surface area contributed by atoms with Gasteiger partial charge in [0.15, 0.2) is 0 Å². The molecule has 0 aromatic heterocycles. The van der Waals surface area contributed by atoms with Crippen molar-refractivity contribution in [2.24, 2.45) is 4.99 Å². The largest absolute Gasteiger partial charge is 0.257 e. The fourth-order valence-corrected chi connectivity index (χ4v) is 10.1. The lowest BCUT2D eigenvalue weighted by molar-refractivity contribution is 0.627. The van der Waals surface area contributed by atoms with E-state index in [0.29, 0.717) is 0 Å². The average molecular weight is 610 g/mol. The molecule has 0 saturated carbocycles. The molecule has 0 bridgehead atoms. The maximum atomic E-state index is 5.22. The quantitative estimate of drug-likeness (QED) is 0.185. The van der Waals surface area contributed by atoms with Gasteiger partial charge in [-0.05, 0) is 84.0 Å². The Morgan fingerprint density at radius 3 is 1.40 bits per heavy atom. The van der Waals surface area contributed by atoms with Crippen LogP contribution in [-0.4, -0.2) is 5.71 Å². The van der Waals surface area contributed by atoms with E-state index in [1.54, 1.807) is 0 Å². The van der Waals surface area contributed by atoms with E-state index in [9.17, 15) is 0 Å². The van der Waals surface area contributed by atoms with E-state index >= 15 is 0 Å². The van der Waals surface area contributed by atoms with Gasteiger partial charge in [-0.15, -0.1) is 0 Å². The number of aliphatic imine (C=N–C) groups is 1. The van der Waals surface area contributed by atoms with E-state index in [2.05, 4.69) is 164 Å². The van der Waals surface area contributed by atoms with Crippen LogP contribution in [0.2, 0.25) is 0 Å². The minimum atomic E-state index is -0.473. The van der Waals surface area contributed by atoms with Crippen molar-refractivity contribution in [1.29, 1.82) is 0 Å². The van der Waals surface area contributed by atoms with Crippen LogP contribution < -0.4 is 0 Å². The smallest absolute Gasteiger partial charge is 0.0722 e. The monoisotopic (exact) mass is 609 g/mol. The van der Waals surface area contributed by atoms with Gasteiger partial charge in [-0.2, -0.15) is 0 Å². The Balaban J connectivity index is 1.31. The molecule has 48 heavy (non-hydrogen) atoms. The van der Waals surface area contributed by atoms with Crippen molar-refractivity contribution in [2.45, 2.75) is 23.7 Å². The zero-order valence-electron chi connectivity index (χ0n) is 26.4. The zero-order chi connectivity index (χ0) is 31.5. The molecule has 4 aliphatic rings. The van der Waals surface area contributed by atoms with Crippen LogP contribution in [0.25, 0.3) is 22.3 Å². The highest BCUT2D eigenvalue weighted by Crippen LogP contribution is 2.67. The molecule has 2 spiro atoms. The first kappa shape index (κ1) is 26.3. The molecule has 0 N–H and O–H groups in total. The van der Waals surface area contributed by atoms with Crippen LogP contribution >= 0.6 is 0 Å². The maximum Gasteiger partial charge on any atom is 0.0722 e. The molecule has 1 heterocycles. The van der Waals surface area contributed by atoms with Gasteiger partial charge in [-0.25, -0.2) is 0 Å². The van der Waals surface area contributed by atoms with Crippen molar-refractivity contribution in [3.8, 4) is 22.3 Å². The predicted molar refractivity (Wildman–Crippen MR) is 196 cm³/mol. The summed E-state index contributed by atoms with van der Waals surface area (Å²) in [7, 11) is 0. The maximum absolute atomic E-state index is 5.22. The predicted octanol–water partition coefficient (Wildman–Crippen LogP) is 10.6. The Labute approximate surface area is 280 Å². The van der Waals surface area contributed by atoms with Gasteiger partial charge in [0.25, 0.3) is 0 Å². The van der Waals surface area contributed by atoms with Crippen LogP contribution in [0.4, 0.5) is 5.69 Å². The second kappa shape index (κ2) is 9.40. The molecule has 0 saturated heterocycles. The van der Waals surface area contributed by atoms with Crippen molar-refractivity contribution in [3.05, 3.63) is 219 Å². The molecule has 0 radical (unpaired) electrons. The molecule has 1 heteroatoms. The number of rotatable bonds is 2. The summed E-state index contributed by atoms with van der Waals surface area (Å²) in [5, 5.41) is 0. The van der Waals surface area contributed by atoms with Crippen LogP contribution in [-0.2, 0) is 23.7 Å². The number of para-hydroxylation sites is 1. The fourth-order valence-electron chi connectivity index (χ4n) is 10.1. The summed E-state index contributed by atoms with van der Waals surface area (Å²) in [5.41, 5.74) is 20.5. The molecule has 0 atom stereocenters. The Morgan fingerprint density at radius 1 is 0.396 bits per heavy atom. The molecule has 11 rings (SSSR count). The summed E-state index contributed by atoms with van der Waals surface area (Å²) in [5.74, 6) is 0. The van der Waals surface area contributed by atoms with Gasteiger partial charge >= 0.3 is 0 Å². The third-order valence-corrected chi connectivity index (χ3v) is 11.6. The van der Waals surface area contributed by atoms with Crippen LogP contribution in [0.15, 0.2) is 169 Å². The Kier molecular flexibility index (Phi) is 5.15. The van der Waals surface area contributed by atoms with E-state index in [0.717, 1.165) is 18.5 Å². The molecular formula is C47H31N. The minimum Gasteiger partial charge on any atom is -0.257 e. The first-order chi connectivity index (χ1) is 23.8. The molecule has 0 fully saturated rings. The highest BCUT2D eigenvalue weighted by atomic mass is 14.8. The van der Waals surface area contributed by atoms with Gasteiger partial charge in [-0.3, -0.25) is 4.99 Å². The van der Waals surface area contributed by atoms with Crippen molar-refractivity contribution < 1.29 is 0 Å². The number of fused-ring (bicyclic) bond motifs is 17. The average Bonchev–Trinajstić information content (AvgIpc) is 3.79. The lowest BCUT2D eigenvalue weighted by Crippen LogP contribution is -2.44. The van der Waals surface area contributed by atoms with Crippen LogP contribution in [0.5, 0.6) is 0 Å². The van der Waals surface area contributed by atoms with E-state index in [1.165, 1.54) is 83.6 Å². The van der Waals surface area contributed by atoms with Gasteiger partial charge in [-0.1, -0.05) is 158 Å². The summed E-state index contributed by atoms with van der Waals surface area (Å²) >= 11 is 0. The summed E-state index contributed by atoms with van der Waals surface area (Å²) in [6.45, 7) is 0. The van der Waals surface area contributed by atoms with Gasteiger partial charge in [0.2, 0.25) is 0 Å². The van der Waals surface area contributed by atoms with Crippen LogP contribution in [0.1, 0.15) is 55.6 Å². The highest BCUT2D eigenvalue weighted by Gasteiger charge is 2.59. The summed E-state index contributed by atoms with van der Waals surface area (Å²) in [4.78, 5) is 5.22. The third-order valence-electron chi connectivity index (χ3n) is 11.6. The summed E-state index contributed by atoms with van der Waals surface area (Å²) < 4.78 is 0. The van der Waals surface area contributed by atoms with Crippen molar-refractivity contribution in [1.82, 2.24) is 0 Å². The van der Waals surface area contributed by atoms with E-state index in [4.69, 9.17) is 4.99 Å². The van der Waals surface area contributed by atoms with Gasteiger partial charge in [0, 0.05) is 18.6 Å². The summed E-state index contributed by atoms with van der Waals surface area (Å²) in [6.07, 6.45) is 1.71. The number of benzene rings is 7. The second-order valence-corrected chi connectivity index (χ2v) is 13.7.